The average Bonchev–Trinajstić information content (AvgIpc) is 2.77. The first-order chi connectivity index (χ1) is 7.43. The van der Waals surface area contributed by atoms with E-state index in [9.17, 15) is 0 Å². The molecule has 0 spiro atoms. The van der Waals surface area contributed by atoms with Gasteiger partial charge in [-0.2, -0.15) is 5.10 Å². The van der Waals surface area contributed by atoms with Crippen molar-refractivity contribution in [3.8, 4) is 11.1 Å². The lowest BCUT2D eigenvalue weighted by molar-refractivity contribution is 0.937. The van der Waals surface area contributed by atoms with E-state index in [-0.39, 0.29) is 0 Å². The molecule has 4 heteroatoms. The molecule has 0 bridgehead atoms. The fourth-order valence-corrected chi connectivity index (χ4v) is 1.51. The molecular formula is C11H8N4. The molecule has 0 atom stereocenters. The minimum absolute atomic E-state index is 0.851. The molecule has 0 radical (unpaired) electrons. The molecule has 3 rings (SSSR count). The van der Waals surface area contributed by atoms with Crippen LogP contribution in [0.25, 0.3) is 16.8 Å². The van der Waals surface area contributed by atoms with Crippen molar-refractivity contribution in [3.63, 3.8) is 0 Å². The monoisotopic (exact) mass is 196 g/mol. The van der Waals surface area contributed by atoms with Crippen molar-refractivity contribution >= 4 is 5.65 Å². The summed E-state index contributed by atoms with van der Waals surface area (Å²) in [6, 6.07) is 5.91. The largest absolute Gasteiger partial charge is 0.265 e. The summed E-state index contributed by atoms with van der Waals surface area (Å²) in [5.74, 6) is 0. The molecule has 0 saturated carbocycles. The Labute approximate surface area is 86.2 Å². The van der Waals surface area contributed by atoms with E-state index in [1.165, 1.54) is 0 Å². The number of rotatable bonds is 1. The molecule has 0 aliphatic heterocycles. The van der Waals surface area contributed by atoms with Gasteiger partial charge in [-0.25, -0.2) is 9.50 Å². The fraction of sp³-hybridized carbons (Fsp3) is 0. The number of imidazole rings is 1. The normalized spacial score (nSPS) is 10.7. The van der Waals surface area contributed by atoms with Crippen LogP contribution in [0.2, 0.25) is 0 Å². The van der Waals surface area contributed by atoms with Gasteiger partial charge < -0.3 is 0 Å². The summed E-state index contributed by atoms with van der Waals surface area (Å²) in [5, 5.41) is 4.25. The topological polar surface area (TPSA) is 43.1 Å². The summed E-state index contributed by atoms with van der Waals surface area (Å²) in [5.41, 5.74) is 3.00. The molecule has 4 nitrogen and oxygen atoms in total. The Bertz CT molecular complexity index is 586. The summed E-state index contributed by atoms with van der Waals surface area (Å²) in [4.78, 5) is 8.17. The quantitative estimate of drug-likeness (QED) is 0.596. The molecule has 3 heterocycles. The van der Waals surface area contributed by atoms with Gasteiger partial charge in [-0.05, 0) is 23.8 Å². The van der Waals surface area contributed by atoms with E-state index in [1.54, 1.807) is 23.1 Å². The van der Waals surface area contributed by atoms with E-state index in [1.807, 2.05) is 30.6 Å². The predicted molar refractivity (Wildman–Crippen MR) is 56.2 cm³/mol. The third kappa shape index (κ3) is 1.36. The number of fused-ring (bicyclic) bond motifs is 1. The van der Waals surface area contributed by atoms with E-state index in [2.05, 4.69) is 15.1 Å². The van der Waals surface area contributed by atoms with Crippen LogP contribution >= 0.6 is 0 Å². The molecule has 3 aromatic rings. The van der Waals surface area contributed by atoms with Crippen molar-refractivity contribution in [1.82, 2.24) is 19.6 Å². The van der Waals surface area contributed by atoms with Gasteiger partial charge in [0.1, 0.15) is 0 Å². The maximum Gasteiger partial charge on any atom is 0.154 e. The van der Waals surface area contributed by atoms with Crippen LogP contribution in [0, 0.1) is 0 Å². The molecule has 0 fully saturated rings. The minimum atomic E-state index is 0.851. The molecule has 0 saturated heterocycles. The lowest BCUT2D eigenvalue weighted by atomic mass is 10.1. The van der Waals surface area contributed by atoms with Crippen LogP contribution in [0.4, 0.5) is 0 Å². The summed E-state index contributed by atoms with van der Waals surface area (Å²) in [7, 11) is 0. The van der Waals surface area contributed by atoms with Crippen molar-refractivity contribution in [1.29, 1.82) is 0 Å². The first-order valence-corrected chi connectivity index (χ1v) is 4.63. The van der Waals surface area contributed by atoms with Gasteiger partial charge in [0.15, 0.2) is 5.65 Å². The molecule has 0 unspecified atom stereocenters. The first-order valence-electron chi connectivity index (χ1n) is 4.63. The molecule has 15 heavy (non-hydrogen) atoms. The van der Waals surface area contributed by atoms with Crippen molar-refractivity contribution in [2.24, 2.45) is 0 Å². The number of hydrogen-bond donors (Lipinski definition) is 0. The van der Waals surface area contributed by atoms with E-state index < -0.39 is 0 Å². The van der Waals surface area contributed by atoms with Gasteiger partial charge in [0.25, 0.3) is 0 Å². The smallest absolute Gasteiger partial charge is 0.154 e. The van der Waals surface area contributed by atoms with Crippen LogP contribution in [0.5, 0.6) is 0 Å². The zero-order valence-corrected chi connectivity index (χ0v) is 7.91. The van der Waals surface area contributed by atoms with Crippen LogP contribution in [-0.4, -0.2) is 19.6 Å². The molecule has 0 amide bonds. The third-order valence-corrected chi connectivity index (χ3v) is 2.27. The maximum atomic E-state index is 4.25. The fourth-order valence-electron chi connectivity index (χ4n) is 1.51. The van der Waals surface area contributed by atoms with Crippen LogP contribution in [0.3, 0.4) is 0 Å². The first kappa shape index (κ1) is 8.11. The van der Waals surface area contributed by atoms with Crippen molar-refractivity contribution in [2.45, 2.75) is 0 Å². The number of nitrogens with zero attached hydrogens (tertiary/aromatic N) is 4. The molecular weight excluding hydrogens is 188 g/mol. The van der Waals surface area contributed by atoms with E-state index in [0.717, 1.165) is 16.8 Å². The van der Waals surface area contributed by atoms with Gasteiger partial charge in [-0.3, -0.25) is 4.98 Å². The molecule has 0 aromatic carbocycles. The van der Waals surface area contributed by atoms with E-state index >= 15 is 0 Å². The number of hydrogen-bond acceptors (Lipinski definition) is 3. The average molecular weight is 196 g/mol. The Morgan fingerprint density at radius 2 is 1.87 bits per heavy atom. The van der Waals surface area contributed by atoms with Crippen molar-refractivity contribution < 1.29 is 0 Å². The van der Waals surface area contributed by atoms with Crippen LogP contribution in [0.15, 0.2) is 49.2 Å². The molecule has 0 N–H and O–H groups in total. The maximum absolute atomic E-state index is 4.25. The second-order valence-electron chi connectivity index (χ2n) is 3.21. The Morgan fingerprint density at radius 1 is 1.00 bits per heavy atom. The lowest BCUT2D eigenvalue weighted by Crippen LogP contribution is -1.90. The zero-order chi connectivity index (χ0) is 10.1. The SMILES string of the molecule is c1cc(-c2cnn3ccnc3c2)ccn1. The highest BCUT2D eigenvalue weighted by Crippen LogP contribution is 2.17. The highest BCUT2D eigenvalue weighted by molar-refractivity contribution is 5.65. The van der Waals surface area contributed by atoms with Crippen molar-refractivity contribution in [2.75, 3.05) is 0 Å². The highest BCUT2D eigenvalue weighted by Gasteiger charge is 2.00. The summed E-state index contributed by atoms with van der Waals surface area (Å²) in [6.45, 7) is 0. The summed E-state index contributed by atoms with van der Waals surface area (Å²) in [6.07, 6.45) is 8.92. The van der Waals surface area contributed by atoms with Gasteiger partial charge in [0, 0.05) is 30.4 Å². The highest BCUT2D eigenvalue weighted by atomic mass is 15.2. The van der Waals surface area contributed by atoms with Crippen LogP contribution in [0.1, 0.15) is 0 Å². The Balaban J connectivity index is 2.19. The van der Waals surface area contributed by atoms with Crippen LogP contribution < -0.4 is 0 Å². The summed E-state index contributed by atoms with van der Waals surface area (Å²) >= 11 is 0. The number of aromatic nitrogens is 4. The predicted octanol–water partition coefficient (Wildman–Crippen LogP) is 1.79. The molecule has 72 valence electrons. The Kier molecular flexibility index (Phi) is 1.71. The minimum Gasteiger partial charge on any atom is -0.265 e. The van der Waals surface area contributed by atoms with Crippen molar-refractivity contribution in [3.05, 3.63) is 49.2 Å². The zero-order valence-electron chi connectivity index (χ0n) is 7.91. The van der Waals surface area contributed by atoms with Gasteiger partial charge in [0.05, 0.1) is 6.20 Å². The van der Waals surface area contributed by atoms with E-state index in [0.29, 0.717) is 0 Å². The molecule has 0 aliphatic carbocycles. The van der Waals surface area contributed by atoms with Crippen LogP contribution in [-0.2, 0) is 0 Å². The lowest BCUT2D eigenvalue weighted by Gasteiger charge is -2.00. The number of pyridine rings is 1. The van der Waals surface area contributed by atoms with Gasteiger partial charge in [0.2, 0.25) is 0 Å². The van der Waals surface area contributed by atoms with Gasteiger partial charge >= 0.3 is 0 Å². The summed E-state index contributed by atoms with van der Waals surface area (Å²) < 4.78 is 1.74. The third-order valence-electron chi connectivity index (χ3n) is 2.27. The molecule has 3 aromatic heterocycles. The van der Waals surface area contributed by atoms with E-state index in [4.69, 9.17) is 0 Å². The second kappa shape index (κ2) is 3.16. The van der Waals surface area contributed by atoms with Gasteiger partial charge in [-0.1, -0.05) is 0 Å². The van der Waals surface area contributed by atoms with Gasteiger partial charge in [-0.15, -0.1) is 0 Å². The Hall–Kier alpha value is -2.23. The standard InChI is InChI=1S/C11H8N4/c1-3-12-4-2-9(1)10-7-11-13-5-6-15(11)14-8-10/h1-8H. The molecule has 0 aliphatic rings. The Morgan fingerprint density at radius 3 is 2.73 bits per heavy atom. The second-order valence-corrected chi connectivity index (χ2v) is 3.21.